The van der Waals surface area contributed by atoms with Gasteiger partial charge in [-0.25, -0.2) is 9.97 Å². The summed E-state index contributed by atoms with van der Waals surface area (Å²) in [6.07, 6.45) is -1.66. The quantitative estimate of drug-likeness (QED) is 0.507. The van der Waals surface area contributed by atoms with E-state index in [9.17, 15) is 18.0 Å². The van der Waals surface area contributed by atoms with Crippen LogP contribution in [0.15, 0.2) is 27.8 Å². The van der Waals surface area contributed by atoms with Crippen molar-refractivity contribution in [3.63, 3.8) is 0 Å². The minimum Gasteiger partial charge on any atom is -0.455 e. The fourth-order valence-corrected chi connectivity index (χ4v) is 4.00. The zero-order valence-corrected chi connectivity index (χ0v) is 17.9. The van der Waals surface area contributed by atoms with Crippen LogP contribution in [0.25, 0.3) is 0 Å². The molecule has 3 rings (SSSR count). The lowest BCUT2D eigenvalue weighted by molar-refractivity contribution is -0.141. The third kappa shape index (κ3) is 5.68. The molecule has 3 heterocycles. The van der Waals surface area contributed by atoms with Crippen molar-refractivity contribution in [3.05, 3.63) is 35.4 Å². The van der Waals surface area contributed by atoms with Gasteiger partial charge in [0.25, 0.3) is 5.91 Å². The highest BCUT2D eigenvalue weighted by Gasteiger charge is 2.35. The molecule has 1 aliphatic rings. The molecule has 1 amide bonds. The van der Waals surface area contributed by atoms with E-state index in [4.69, 9.17) is 4.42 Å². The number of nitrogens with zero attached hydrogens (tertiary/aromatic N) is 3. The molecule has 164 valence electrons. The van der Waals surface area contributed by atoms with Gasteiger partial charge in [0.05, 0.1) is 5.75 Å². The number of carbonyl (C=O) groups excluding carboxylic acids is 1. The second kappa shape index (κ2) is 9.28. The molecule has 1 aliphatic heterocycles. The highest BCUT2D eigenvalue weighted by molar-refractivity contribution is 7.98. The van der Waals surface area contributed by atoms with Gasteiger partial charge < -0.3 is 14.6 Å². The average molecular weight is 443 g/mol. The lowest BCUT2D eigenvalue weighted by atomic mass is 10.0. The van der Waals surface area contributed by atoms with E-state index >= 15 is 0 Å². The average Bonchev–Trinajstić information content (AvgIpc) is 3.14. The number of nitrogens with one attached hydrogen (secondary N) is 1. The zero-order valence-electron chi connectivity index (χ0n) is 17.1. The lowest BCUT2D eigenvalue weighted by Gasteiger charge is -2.34. The Kier molecular flexibility index (Phi) is 6.95. The summed E-state index contributed by atoms with van der Waals surface area (Å²) in [5, 5.41) is 2.75. The monoisotopic (exact) mass is 442 g/mol. The summed E-state index contributed by atoms with van der Waals surface area (Å²) in [6, 6.07) is 4.28. The number of anilines is 1. The first-order valence-corrected chi connectivity index (χ1v) is 10.9. The van der Waals surface area contributed by atoms with Gasteiger partial charge in [-0.2, -0.15) is 13.2 Å². The largest absolute Gasteiger partial charge is 0.455 e. The highest BCUT2D eigenvalue weighted by Crippen LogP contribution is 2.34. The van der Waals surface area contributed by atoms with Crippen LogP contribution in [-0.4, -0.2) is 34.5 Å². The van der Waals surface area contributed by atoms with Crippen LogP contribution >= 0.6 is 11.8 Å². The number of furan rings is 1. The summed E-state index contributed by atoms with van der Waals surface area (Å²) < 4.78 is 45.7. The highest BCUT2D eigenvalue weighted by atomic mass is 32.2. The maximum atomic E-state index is 13.4. The van der Waals surface area contributed by atoms with Gasteiger partial charge in [0.1, 0.15) is 11.6 Å². The third-order valence-electron chi connectivity index (χ3n) is 4.73. The molecule has 0 spiro atoms. The van der Waals surface area contributed by atoms with Crippen LogP contribution in [0.3, 0.4) is 0 Å². The van der Waals surface area contributed by atoms with Crippen molar-refractivity contribution in [1.29, 1.82) is 0 Å². The second-order valence-electron chi connectivity index (χ2n) is 7.61. The first-order valence-electron chi connectivity index (χ1n) is 9.89. The fourth-order valence-electron chi connectivity index (χ4n) is 3.25. The van der Waals surface area contributed by atoms with Gasteiger partial charge in [-0.15, -0.1) is 0 Å². The molecule has 2 aromatic heterocycles. The maximum Gasteiger partial charge on any atom is 0.433 e. The molecule has 10 heteroatoms. The van der Waals surface area contributed by atoms with Gasteiger partial charge in [-0.3, -0.25) is 4.79 Å². The SMILES string of the molecule is CC(C)NC(=O)c1ccc(CSc2nc(N3CCCCC3C)cc(C(F)(F)F)n2)o1. The molecule has 0 aliphatic carbocycles. The Hall–Kier alpha value is -2.23. The Labute approximate surface area is 177 Å². The molecule has 6 nitrogen and oxygen atoms in total. The van der Waals surface area contributed by atoms with E-state index < -0.39 is 11.9 Å². The van der Waals surface area contributed by atoms with Crippen molar-refractivity contribution in [2.75, 3.05) is 11.4 Å². The van der Waals surface area contributed by atoms with Crippen LogP contribution in [-0.2, 0) is 11.9 Å². The topological polar surface area (TPSA) is 71.3 Å². The van der Waals surface area contributed by atoms with E-state index in [1.54, 1.807) is 12.1 Å². The van der Waals surface area contributed by atoms with Crippen LogP contribution in [0.1, 0.15) is 62.0 Å². The number of hydrogen-bond donors (Lipinski definition) is 1. The molecule has 0 saturated carbocycles. The van der Waals surface area contributed by atoms with Gasteiger partial charge in [0, 0.05) is 24.7 Å². The predicted molar refractivity (Wildman–Crippen MR) is 109 cm³/mol. The van der Waals surface area contributed by atoms with Crippen molar-refractivity contribution >= 4 is 23.5 Å². The Balaban J connectivity index is 1.77. The molecule has 1 N–H and O–H groups in total. The number of thioether (sulfide) groups is 1. The summed E-state index contributed by atoms with van der Waals surface area (Å²) in [4.78, 5) is 22.0. The number of rotatable bonds is 6. The van der Waals surface area contributed by atoms with Crippen molar-refractivity contribution in [2.24, 2.45) is 0 Å². The number of alkyl halides is 3. The molecule has 1 fully saturated rings. The van der Waals surface area contributed by atoms with Gasteiger partial charge in [-0.05, 0) is 52.2 Å². The Morgan fingerprint density at radius 2 is 2.10 bits per heavy atom. The predicted octanol–water partition coefficient (Wildman–Crippen LogP) is 4.90. The van der Waals surface area contributed by atoms with E-state index in [-0.39, 0.29) is 34.7 Å². The fraction of sp³-hybridized carbons (Fsp3) is 0.550. The van der Waals surface area contributed by atoms with Crippen LogP contribution in [0.5, 0.6) is 0 Å². The molecule has 1 unspecified atom stereocenters. The van der Waals surface area contributed by atoms with E-state index in [0.29, 0.717) is 18.1 Å². The summed E-state index contributed by atoms with van der Waals surface area (Å²) in [5.74, 6) is 0.793. The Morgan fingerprint density at radius 3 is 2.77 bits per heavy atom. The number of aromatic nitrogens is 2. The first-order chi connectivity index (χ1) is 14.1. The molecular weight excluding hydrogens is 417 g/mol. The molecular formula is C20H25F3N4O2S. The van der Waals surface area contributed by atoms with Gasteiger partial charge in [-0.1, -0.05) is 11.8 Å². The van der Waals surface area contributed by atoms with E-state index in [1.807, 2.05) is 25.7 Å². The third-order valence-corrected chi connectivity index (χ3v) is 5.60. The Morgan fingerprint density at radius 1 is 1.33 bits per heavy atom. The minimum atomic E-state index is -4.56. The van der Waals surface area contributed by atoms with Crippen LogP contribution in [0, 0.1) is 0 Å². The zero-order chi connectivity index (χ0) is 21.9. The van der Waals surface area contributed by atoms with Gasteiger partial charge >= 0.3 is 6.18 Å². The summed E-state index contributed by atoms with van der Waals surface area (Å²) >= 11 is 1.05. The van der Waals surface area contributed by atoms with Crippen LogP contribution in [0.2, 0.25) is 0 Å². The van der Waals surface area contributed by atoms with Gasteiger partial charge in [0.2, 0.25) is 0 Å². The number of carbonyl (C=O) groups is 1. The molecule has 2 aromatic rings. The first kappa shape index (κ1) is 22.5. The van der Waals surface area contributed by atoms with Gasteiger partial charge in [0.15, 0.2) is 16.6 Å². The molecule has 0 radical (unpaired) electrons. The summed E-state index contributed by atoms with van der Waals surface area (Å²) in [7, 11) is 0. The van der Waals surface area contributed by atoms with E-state index in [1.165, 1.54) is 0 Å². The summed E-state index contributed by atoms with van der Waals surface area (Å²) in [5.41, 5.74) is -0.954. The number of piperidine rings is 1. The van der Waals surface area contributed by atoms with Crippen LogP contribution < -0.4 is 10.2 Å². The van der Waals surface area contributed by atoms with Crippen molar-refractivity contribution in [3.8, 4) is 0 Å². The number of halogens is 3. The minimum absolute atomic E-state index is 0.0298. The standard InChI is InChI=1S/C20H25F3N4O2S/c1-12(2)24-18(28)15-8-7-14(29-15)11-30-19-25-16(20(21,22)23)10-17(26-19)27-9-5-4-6-13(27)3/h7-8,10,12-13H,4-6,9,11H2,1-3H3,(H,24,28). The number of amides is 1. The maximum absolute atomic E-state index is 13.4. The molecule has 0 aromatic carbocycles. The lowest BCUT2D eigenvalue weighted by Crippen LogP contribution is -2.38. The normalized spacial score (nSPS) is 17.4. The summed E-state index contributed by atoms with van der Waals surface area (Å²) in [6.45, 7) is 6.34. The molecule has 30 heavy (non-hydrogen) atoms. The molecule has 1 atom stereocenters. The molecule has 0 bridgehead atoms. The van der Waals surface area contributed by atoms with Crippen molar-refractivity contribution < 1.29 is 22.4 Å². The van der Waals surface area contributed by atoms with Crippen LogP contribution in [0.4, 0.5) is 19.0 Å². The second-order valence-corrected chi connectivity index (χ2v) is 8.56. The Bertz CT molecular complexity index is 885. The smallest absolute Gasteiger partial charge is 0.433 e. The number of hydrogen-bond acceptors (Lipinski definition) is 6. The van der Waals surface area contributed by atoms with Crippen molar-refractivity contribution in [2.45, 2.75) is 69.2 Å². The molecule has 1 saturated heterocycles. The van der Waals surface area contributed by atoms with Crippen molar-refractivity contribution in [1.82, 2.24) is 15.3 Å². The van der Waals surface area contributed by atoms with E-state index in [0.717, 1.165) is 37.1 Å². The van der Waals surface area contributed by atoms with E-state index in [2.05, 4.69) is 15.3 Å².